The molecule has 10 heteroatoms. The quantitative estimate of drug-likeness (QED) is 0.708. The molecule has 1 aliphatic heterocycles. The molecule has 2 aromatic rings. The molecular formula is C18H26Cl2N4O3S. The first-order chi connectivity index (χ1) is 12.6. The van der Waals surface area contributed by atoms with E-state index in [4.69, 9.17) is 4.42 Å². The molecule has 0 radical (unpaired) electrons. The van der Waals surface area contributed by atoms with E-state index in [1.807, 2.05) is 17.3 Å². The summed E-state index contributed by atoms with van der Waals surface area (Å²) in [6.07, 6.45) is 3.95. The molecule has 156 valence electrons. The number of anilines is 1. The lowest BCUT2D eigenvalue weighted by molar-refractivity contribution is -0.132. The van der Waals surface area contributed by atoms with Crippen LogP contribution in [-0.2, 0) is 11.2 Å². The first-order valence-electron chi connectivity index (χ1n) is 8.79. The Morgan fingerprint density at radius 3 is 2.86 bits per heavy atom. The molecule has 0 bridgehead atoms. The molecule has 1 atom stereocenters. The number of hydrogen-bond donors (Lipinski definition) is 2. The highest BCUT2D eigenvalue weighted by Gasteiger charge is 2.24. The first-order valence-corrected chi connectivity index (χ1v) is 9.67. The minimum atomic E-state index is -0.255. The van der Waals surface area contributed by atoms with Gasteiger partial charge in [-0.3, -0.25) is 14.9 Å². The smallest absolute Gasteiger partial charge is 0.260 e. The summed E-state index contributed by atoms with van der Waals surface area (Å²) in [6, 6.07) is 1.63. The van der Waals surface area contributed by atoms with E-state index < -0.39 is 0 Å². The number of hydrogen-bond acceptors (Lipinski definition) is 6. The second-order valence-corrected chi connectivity index (χ2v) is 7.43. The molecule has 2 N–H and O–H groups in total. The van der Waals surface area contributed by atoms with Gasteiger partial charge in [-0.25, -0.2) is 4.98 Å². The number of piperidine rings is 1. The molecule has 2 amide bonds. The van der Waals surface area contributed by atoms with Crippen LogP contribution in [0.2, 0.25) is 0 Å². The monoisotopic (exact) mass is 448 g/mol. The van der Waals surface area contributed by atoms with Gasteiger partial charge in [-0.2, -0.15) is 0 Å². The van der Waals surface area contributed by atoms with Crippen molar-refractivity contribution in [1.29, 1.82) is 0 Å². The molecular weight excluding hydrogens is 423 g/mol. The van der Waals surface area contributed by atoms with Gasteiger partial charge in [0.1, 0.15) is 5.76 Å². The van der Waals surface area contributed by atoms with Crippen LogP contribution in [0, 0.1) is 12.8 Å². The molecule has 2 aromatic heterocycles. The van der Waals surface area contributed by atoms with Crippen molar-refractivity contribution in [2.75, 3.05) is 32.0 Å². The highest BCUT2D eigenvalue weighted by molar-refractivity contribution is 7.14. The molecule has 3 heterocycles. The lowest BCUT2D eigenvalue weighted by Gasteiger charge is -2.32. The van der Waals surface area contributed by atoms with Crippen LogP contribution in [0.25, 0.3) is 0 Å². The van der Waals surface area contributed by atoms with E-state index in [9.17, 15) is 9.59 Å². The Morgan fingerprint density at radius 1 is 1.39 bits per heavy atom. The minimum absolute atomic E-state index is 0. The molecule has 0 aliphatic carbocycles. The van der Waals surface area contributed by atoms with E-state index in [2.05, 4.69) is 15.6 Å². The molecule has 0 saturated carbocycles. The van der Waals surface area contributed by atoms with Gasteiger partial charge in [-0.15, -0.1) is 36.2 Å². The number of nitrogens with one attached hydrogen (secondary N) is 2. The number of likely N-dealkylation sites (tertiary alicyclic amines) is 1. The number of furan rings is 1. The van der Waals surface area contributed by atoms with Gasteiger partial charge in [0, 0.05) is 18.5 Å². The van der Waals surface area contributed by atoms with Crippen molar-refractivity contribution in [2.24, 2.45) is 5.92 Å². The van der Waals surface area contributed by atoms with Gasteiger partial charge in [0.2, 0.25) is 5.91 Å². The van der Waals surface area contributed by atoms with Crippen LogP contribution in [0.3, 0.4) is 0 Å². The van der Waals surface area contributed by atoms with Crippen LogP contribution in [0.4, 0.5) is 5.13 Å². The largest absolute Gasteiger partial charge is 0.469 e. The van der Waals surface area contributed by atoms with Crippen LogP contribution in [-0.4, -0.2) is 48.4 Å². The topological polar surface area (TPSA) is 87.5 Å². The fourth-order valence-corrected chi connectivity index (χ4v) is 3.95. The zero-order chi connectivity index (χ0) is 18.5. The summed E-state index contributed by atoms with van der Waals surface area (Å²) in [7, 11) is 1.94. The van der Waals surface area contributed by atoms with Gasteiger partial charge in [-0.05, 0) is 45.3 Å². The third-order valence-corrected chi connectivity index (χ3v) is 5.38. The van der Waals surface area contributed by atoms with Crippen molar-refractivity contribution in [3.05, 3.63) is 34.7 Å². The third-order valence-electron chi connectivity index (χ3n) is 4.57. The van der Waals surface area contributed by atoms with Crippen molar-refractivity contribution in [1.82, 2.24) is 15.2 Å². The maximum atomic E-state index is 12.6. The predicted octanol–water partition coefficient (Wildman–Crippen LogP) is 3.14. The highest BCUT2D eigenvalue weighted by atomic mass is 35.5. The molecule has 28 heavy (non-hydrogen) atoms. The summed E-state index contributed by atoms with van der Waals surface area (Å²) >= 11 is 1.32. The van der Waals surface area contributed by atoms with E-state index in [0.717, 1.165) is 32.5 Å². The second-order valence-electron chi connectivity index (χ2n) is 6.57. The molecule has 1 unspecified atom stereocenters. The minimum Gasteiger partial charge on any atom is -0.469 e. The molecule has 1 aliphatic rings. The summed E-state index contributed by atoms with van der Waals surface area (Å²) in [4.78, 5) is 31.0. The Hall–Kier alpha value is -1.61. The van der Waals surface area contributed by atoms with Crippen LogP contribution in [0.1, 0.15) is 34.7 Å². The van der Waals surface area contributed by atoms with Crippen LogP contribution >= 0.6 is 36.2 Å². The van der Waals surface area contributed by atoms with Crippen molar-refractivity contribution < 1.29 is 14.0 Å². The van der Waals surface area contributed by atoms with Gasteiger partial charge in [-0.1, -0.05) is 0 Å². The number of aryl methyl sites for hydroxylation is 1. The molecule has 1 fully saturated rings. The SMILES string of the molecule is CNCC1CCCN(C(=O)Cc2csc(NC(=O)c3ccoc3C)n2)C1.Cl.Cl. The van der Waals surface area contributed by atoms with Crippen LogP contribution in [0.15, 0.2) is 22.1 Å². The van der Waals surface area contributed by atoms with Gasteiger partial charge >= 0.3 is 0 Å². The summed E-state index contributed by atoms with van der Waals surface area (Å²) in [5.74, 6) is 0.922. The highest BCUT2D eigenvalue weighted by Crippen LogP contribution is 2.20. The number of carbonyl (C=O) groups is 2. The summed E-state index contributed by atoms with van der Waals surface area (Å²) in [6.45, 7) is 4.28. The fraction of sp³-hybridized carbons (Fsp3) is 0.500. The maximum Gasteiger partial charge on any atom is 0.260 e. The number of amides is 2. The molecule has 0 spiro atoms. The second kappa shape index (κ2) is 11.4. The molecule has 0 aromatic carbocycles. The summed E-state index contributed by atoms with van der Waals surface area (Å²) in [5.41, 5.74) is 1.18. The maximum absolute atomic E-state index is 12.6. The number of nitrogens with zero attached hydrogens (tertiary/aromatic N) is 2. The zero-order valence-corrected chi connectivity index (χ0v) is 18.3. The summed E-state index contributed by atoms with van der Waals surface area (Å²) in [5, 5.41) is 8.26. The Labute approximate surface area is 181 Å². The Bertz CT molecular complexity index is 778. The first kappa shape index (κ1) is 24.4. The van der Waals surface area contributed by atoms with E-state index in [0.29, 0.717) is 28.1 Å². The van der Waals surface area contributed by atoms with E-state index in [1.54, 1.807) is 13.0 Å². The standard InChI is InChI=1S/C18H24N4O3S.2ClH/c1-12-15(5-7-25-12)17(24)21-18-20-14(11-26-18)8-16(23)22-6-3-4-13(10-22)9-19-2;;/h5,7,11,13,19H,3-4,6,8-10H2,1-2H3,(H,20,21,24);2*1H. The van der Waals surface area contributed by atoms with E-state index in [-0.39, 0.29) is 43.0 Å². The third kappa shape index (κ3) is 6.20. The Balaban J connectivity index is 0.00000196. The Morgan fingerprint density at radius 2 is 2.18 bits per heavy atom. The van der Waals surface area contributed by atoms with Crippen molar-refractivity contribution in [3.63, 3.8) is 0 Å². The number of rotatable bonds is 6. The van der Waals surface area contributed by atoms with Gasteiger partial charge in [0.25, 0.3) is 5.91 Å². The van der Waals surface area contributed by atoms with Crippen molar-refractivity contribution in [3.8, 4) is 0 Å². The van der Waals surface area contributed by atoms with Gasteiger partial charge in [0.05, 0.1) is 23.9 Å². The van der Waals surface area contributed by atoms with Gasteiger partial charge in [0.15, 0.2) is 5.13 Å². The molecule has 1 saturated heterocycles. The average molecular weight is 449 g/mol. The van der Waals surface area contributed by atoms with E-state index in [1.165, 1.54) is 17.6 Å². The van der Waals surface area contributed by atoms with E-state index >= 15 is 0 Å². The predicted molar refractivity (Wildman–Crippen MR) is 115 cm³/mol. The number of aromatic nitrogens is 1. The number of thiazole rings is 1. The van der Waals surface area contributed by atoms with Gasteiger partial charge < -0.3 is 14.6 Å². The lowest BCUT2D eigenvalue weighted by atomic mass is 9.98. The number of carbonyl (C=O) groups excluding carboxylic acids is 2. The normalized spacial score (nSPS) is 16.1. The fourth-order valence-electron chi connectivity index (χ4n) is 3.24. The lowest BCUT2D eigenvalue weighted by Crippen LogP contribution is -2.43. The van der Waals surface area contributed by atoms with Crippen molar-refractivity contribution >= 4 is 53.1 Å². The molecule has 7 nitrogen and oxygen atoms in total. The van der Waals surface area contributed by atoms with Crippen molar-refractivity contribution in [2.45, 2.75) is 26.2 Å². The average Bonchev–Trinajstić information content (AvgIpc) is 3.24. The molecule has 3 rings (SSSR count). The Kier molecular flexibility index (Phi) is 9.95. The zero-order valence-electron chi connectivity index (χ0n) is 15.9. The summed E-state index contributed by atoms with van der Waals surface area (Å²) < 4.78 is 5.14. The van der Waals surface area contributed by atoms with Crippen LogP contribution in [0.5, 0.6) is 0 Å². The van der Waals surface area contributed by atoms with Crippen LogP contribution < -0.4 is 10.6 Å². The number of halogens is 2.